The number of fused-ring (bicyclic) bond motifs is 1. The van der Waals surface area contributed by atoms with Gasteiger partial charge in [-0.2, -0.15) is 13.2 Å². The van der Waals surface area contributed by atoms with Gasteiger partial charge in [0.2, 0.25) is 5.91 Å². The molecule has 2 atom stereocenters. The lowest BCUT2D eigenvalue weighted by Crippen LogP contribution is -2.44. The van der Waals surface area contributed by atoms with Crippen LogP contribution in [0.15, 0.2) is 60.7 Å². The standard InChI is InChI=1S/C28H28F4N2O3/c1-36-24-15-19-12-13-34(26(27(33)35)18-6-4-3-5-7-18)23(20(19)16-25(24)37-2)11-9-17-8-10-21(22(29)14-17)28(30,31)32/h3-8,10,14-16,23,26H,9,11-13H2,1-2H3,(H2,33,35)/t23-,26?/m0/s1. The highest BCUT2D eigenvalue weighted by Gasteiger charge is 2.37. The number of methoxy groups -OCH3 is 2. The molecule has 0 radical (unpaired) electrons. The number of benzene rings is 3. The summed E-state index contributed by atoms with van der Waals surface area (Å²) in [5, 5.41) is 0. The van der Waals surface area contributed by atoms with Crippen LogP contribution in [0.2, 0.25) is 0 Å². The third kappa shape index (κ3) is 5.56. The van der Waals surface area contributed by atoms with E-state index in [0.717, 1.165) is 28.8 Å². The van der Waals surface area contributed by atoms with Crippen LogP contribution in [0.3, 0.4) is 0 Å². The van der Waals surface area contributed by atoms with Crippen molar-refractivity contribution in [1.82, 2.24) is 4.90 Å². The molecule has 1 unspecified atom stereocenters. The zero-order valence-corrected chi connectivity index (χ0v) is 20.5. The van der Waals surface area contributed by atoms with Gasteiger partial charge in [-0.15, -0.1) is 0 Å². The third-order valence-electron chi connectivity index (χ3n) is 6.81. The summed E-state index contributed by atoms with van der Waals surface area (Å²) in [5.41, 5.74) is 7.67. The molecule has 1 amide bonds. The van der Waals surface area contributed by atoms with Crippen molar-refractivity contribution in [1.29, 1.82) is 0 Å². The zero-order valence-electron chi connectivity index (χ0n) is 20.5. The predicted molar refractivity (Wildman–Crippen MR) is 131 cm³/mol. The van der Waals surface area contributed by atoms with E-state index in [1.165, 1.54) is 13.2 Å². The maximum absolute atomic E-state index is 14.2. The Labute approximate surface area is 212 Å². The van der Waals surface area contributed by atoms with E-state index >= 15 is 0 Å². The van der Waals surface area contributed by atoms with Crippen molar-refractivity contribution in [3.05, 3.63) is 94.3 Å². The lowest BCUT2D eigenvalue weighted by Gasteiger charge is -2.41. The maximum Gasteiger partial charge on any atom is 0.419 e. The van der Waals surface area contributed by atoms with Crippen molar-refractivity contribution in [2.75, 3.05) is 20.8 Å². The van der Waals surface area contributed by atoms with E-state index in [0.29, 0.717) is 36.4 Å². The Balaban J connectivity index is 1.73. The quantitative estimate of drug-likeness (QED) is 0.395. The minimum atomic E-state index is -4.76. The first-order valence-corrected chi connectivity index (χ1v) is 11.8. The van der Waals surface area contributed by atoms with E-state index in [4.69, 9.17) is 15.2 Å². The Kier molecular flexibility index (Phi) is 7.73. The number of rotatable bonds is 8. The van der Waals surface area contributed by atoms with Gasteiger partial charge in [0.25, 0.3) is 0 Å². The molecule has 0 bridgehead atoms. The summed E-state index contributed by atoms with van der Waals surface area (Å²) in [6.45, 7) is 0.511. The third-order valence-corrected chi connectivity index (χ3v) is 6.81. The van der Waals surface area contributed by atoms with Crippen molar-refractivity contribution in [2.45, 2.75) is 37.5 Å². The molecule has 2 N–H and O–H groups in total. The van der Waals surface area contributed by atoms with Gasteiger partial charge in [-0.3, -0.25) is 9.69 Å². The molecule has 9 heteroatoms. The Hall–Kier alpha value is -3.59. The number of nitrogens with two attached hydrogens (primary N) is 1. The lowest BCUT2D eigenvalue weighted by molar-refractivity contribution is -0.140. The van der Waals surface area contributed by atoms with Crippen LogP contribution in [-0.2, 0) is 23.8 Å². The summed E-state index contributed by atoms with van der Waals surface area (Å²) < 4.78 is 64.3. The average molecular weight is 517 g/mol. The van der Waals surface area contributed by atoms with Gasteiger partial charge in [0.15, 0.2) is 11.5 Å². The van der Waals surface area contributed by atoms with E-state index < -0.39 is 29.5 Å². The average Bonchev–Trinajstić information content (AvgIpc) is 2.86. The molecule has 0 aromatic heterocycles. The van der Waals surface area contributed by atoms with Crippen molar-refractivity contribution >= 4 is 5.91 Å². The van der Waals surface area contributed by atoms with Crippen LogP contribution in [0.1, 0.15) is 46.3 Å². The number of alkyl halides is 3. The second kappa shape index (κ2) is 10.8. The van der Waals surface area contributed by atoms with Crippen LogP contribution in [0, 0.1) is 5.82 Å². The number of primary amides is 1. The van der Waals surface area contributed by atoms with E-state index in [9.17, 15) is 22.4 Å². The molecule has 4 rings (SSSR count). The number of amides is 1. The van der Waals surface area contributed by atoms with Crippen LogP contribution in [-0.4, -0.2) is 31.6 Å². The molecule has 37 heavy (non-hydrogen) atoms. The first kappa shape index (κ1) is 26.5. The van der Waals surface area contributed by atoms with E-state index in [1.807, 2.05) is 47.4 Å². The van der Waals surface area contributed by atoms with Crippen LogP contribution in [0.25, 0.3) is 0 Å². The SMILES string of the molecule is COc1cc2c(cc1OC)[C@H](CCc1ccc(C(F)(F)F)c(F)c1)N(C(C(N)=O)c1ccccc1)CC2. The van der Waals surface area contributed by atoms with E-state index in [-0.39, 0.29) is 12.5 Å². The topological polar surface area (TPSA) is 64.8 Å². The van der Waals surface area contributed by atoms with Gasteiger partial charge < -0.3 is 15.2 Å². The highest BCUT2D eigenvalue weighted by Crippen LogP contribution is 2.43. The van der Waals surface area contributed by atoms with E-state index in [1.54, 1.807) is 7.11 Å². The number of carbonyl (C=O) groups excluding carboxylic acids is 1. The molecule has 3 aromatic carbocycles. The fourth-order valence-corrected chi connectivity index (χ4v) is 5.08. The molecular weight excluding hydrogens is 488 g/mol. The van der Waals surface area contributed by atoms with Crippen molar-refractivity contribution < 1.29 is 31.8 Å². The number of aryl methyl sites for hydroxylation is 1. The molecule has 0 saturated carbocycles. The Morgan fingerprint density at radius 1 is 1.05 bits per heavy atom. The normalized spacial score (nSPS) is 16.6. The largest absolute Gasteiger partial charge is 0.493 e. The van der Waals surface area contributed by atoms with Gasteiger partial charge >= 0.3 is 6.18 Å². The fraction of sp³-hybridized carbons (Fsp3) is 0.321. The zero-order chi connectivity index (χ0) is 26.7. The molecular formula is C28H28F4N2O3. The van der Waals surface area contributed by atoms with Gasteiger partial charge in [0.1, 0.15) is 11.9 Å². The highest BCUT2D eigenvalue weighted by molar-refractivity contribution is 5.81. The van der Waals surface area contributed by atoms with E-state index in [2.05, 4.69) is 0 Å². The van der Waals surface area contributed by atoms with Gasteiger partial charge in [-0.05, 0) is 65.8 Å². The summed E-state index contributed by atoms with van der Waals surface area (Å²) in [4.78, 5) is 14.7. The molecule has 5 nitrogen and oxygen atoms in total. The van der Waals surface area contributed by atoms with Crippen LogP contribution in [0.4, 0.5) is 17.6 Å². The number of hydrogen-bond acceptors (Lipinski definition) is 4. The minimum Gasteiger partial charge on any atom is -0.493 e. The van der Waals surface area contributed by atoms with Crippen molar-refractivity contribution in [3.8, 4) is 11.5 Å². The summed E-state index contributed by atoms with van der Waals surface area (Å²) in [7, 11) is 3.08. The number of ether oxygens (including phenoxy) is 2. The Bertz CT molecular complexity index is 1260. The molecule has 0 spiro atoms. The first-order valence-electron chi connectivity index (χ1n) is 11.8. The van der Waals surface area contributed by atoms with Gasteiger partial charge in [0.05, 0.1) is 19.8 Å². The highest BCUT2D eigenvalue weighted by atomic mass is 19.4. The van der Waals surface area contributed by atoms with Gasteiger partial charge in [-0.25, -0.2) is 4.39 Å². The minimum absolute atomic E-state index is 0.282. The molecule has 0 fully saturated rings. The molecule has 1 heterocycles. The van der Waals surface area contributed by atoms with Gasteiger partial charge in [0, 0.05) is 12.6 Å². The summed E-state index contributed by atoms with van der Waals surface area (Å²) in [6, 6.07) is 14.9. The summed E-state index contributed by atoms with van der Waals surface area (Å²) in [6.07, 6.45) is -3.45. The fourth-order valence-electron chi connectivity index (χ4n) is 5.08. The summed E-state index contributed by atoms with van der Waals surface area (Å²) >= 11 is 0. The second-order valence-corrected chi connectivity index (χ2v) is 8.98. The molecule has 1 aliphatic rings. The lowest BCUT2D eigenvalue weighted by atomic mass is 9.86. The number of halogens is 4. The second-order valence-electron chi connectivity index (χ2n) is 8.98. The summed E-state index contributed by atoms with van der Waals surface area (Å²) in [5.74, 6) is -0.728. The molecule has 3 aromatic rings. The van der Waals surface area contributed by atoms with Crippen molar-refractivity contribution in [2.24, 2.45) is 5.73 Å². The van der Waals surface area contributed by atoms with Gasteiger partial charge in [-0.1, -0.05) is 36.4 Å². The predicted octanol–water partition coefficient (Wildman–Crippen LogP) is 5.62. The van der Waals surface area contributed by atoms with Crippen LogP contribution >= 0.6 is 0 Å². The van der Waals surface area contributed by atoms with Crippen molar-refractivity contribution in [3.63, 3.8) is 0 Å². The Morgan fingerprint density at radius 3 is 2.32 bits per heavy atom. The molecule has 0 saturated heterocycles. The smallest absolute Gasteiger partial charge is 0.419 e. The molecule has 1 aliphatic heterocycles. The Morgan fingerprint density at radius 2 is 1.73 bits per heavy atom. The molecule has 0 aliphatic carbocycles. The van der Waals surface area contributed by atoms with Crippen LogP contribution < -0.4 is 15.2 Å². The first-order chi connectivity index (χ1) is 17.6. The number of hydrogen-bond donors (Lipinski definition) is 1. The number of nitrogens with zero attached hydrogens (tertiary/aromatic N) is 1. The van der Waals surface area contributed by atoms with Crippen LogP contribution in [0.5, 0.6) is 11.5 Å². The number of carbonyl (C=O) groups is 1. The monoisotopic (exact) mass is 516 g/mol. The maximum atomic E-state index is 14.2. The molecule has 196 valence electrons.